The van der Waals surface area contributed by atoms with Crippen LogP contribution < -0.4 is 17.0 Å². The van der Waals surface area contributed by atoms with Gasteiger partial charge < -0.3 is 16.5 Å². The minimum Gasteiger partial charge on any atom is -0.397 e. The third-order valence-electron chi connectivity index (χ3n) is 2.57. The van der Waals surface area contributed by atoms with Gasteiger partial charge >= 0.3 is 0 Å². The second-order valence-electron chi connectivity index (χ2n) is 4.61. The number of aromatic amines is 1. The molecule has 2 aromatic rings. The second-order valence-corrected chi connectivity index (χ2v) is 4.61. The van der Waals surface area contributed by atoms with Gasteiger partial charge in [0.05, 0.1) is 22.4 Å². The van der Waals surface area contributed by atoms with Crippen LogP contribution in [0.5, 0.6) is 0 Å². The summed E-state index contributed by atoms with van der Waals surface area (Å²) in [5, 5.41) is 0. The summed E-state index contributed by atoms with van der Waals surface area (Å²) < 4.78 is 0. The fourth-order valence-electron chi connectivity index (χ4n) is 1.73. The van der Waals surface area contributed by atoms with E-state index in [0.29, 0.717) is 40.4 Å². The number of H-pyrrole nitrogens is 1. The largest absolute Gasteiger partial charge is 0.397 e. The van der Waals surface area contributed by atoms with E-state index < -0.39 is 0 Å². The van der Waals surface area contributed by atoms with E-state index in [4.69, 9.17) is 11.5 Å². The number of hydrogen-bond donors (Lipinski definition) is 3. The summed E-state index contributed by atoms with van der Waals surface area (Å²) in [6, 6.07) is 3.32. The van der Waals surface area contributed by atoms with E-state index in [2.05, 4.69) is 9.97 Å². The van der Waals surface area contributed by atoms with E-state index in [1.807, 2.05) is 13.8 Å². The molecule has 0 bridgehead atoms. The molecule has 0 fully saturated rings. The van der Waals surface area contributed by atoms with Gasteiger partial charge in [-0.15, -0.1) is 0 Å². The first-order chi connectivity index (χ1) is 7.97. The first-order valence-electron chi connectivity index (χ1n) is 5.55. The summed E-state index contributed by atoms with van der Waals surface area (Å²) in [6.07, 6.45) is 0.648. The molecule has 0 aliphatic heterocycles. The molecule has 0 aliphatic carbocycles. The Hall–Kier alpha value is -2.04. The van der Waals surface area contributed by atoms with Crippen LogP contribution in [0.2, 0.25) is 0 Å². The zero-order valence-corrected chi connectivity index (χ0v) is 9.95. The number of benzene rings is 1. The molecule has 0 saturated carbocycles. The molecule has 0 amide bonds. The van der Waals surface area contributed by atoms with E-state index in [0.717, 1.165) is 0 Å². The monoisotopic (exact) mass is 232 g/mol. The van der Waals surface area contributed by atoms with Crippen molar-refractivity contribution in [2.45, 2.75) is 20.3 Å². The van der Waals surface area contributed by atoms with Crippen LogP contribution in [0.4, 0.5) is 11.4 Å². The van der Waals surface area contributed by atoms with Gasteiger partial charge in [0, 0.05) is 0 Å². The first-order valence-corrected chi connectivity index (χ1v) is 5.55. The lowest BCUT2D eigenvalue weighted by atomic mass is 10.1. The van der Waals surface area contributed by atoms with Gasteiger partial charge in [0.15, 0.2) is 0 Å². The van der Waals surface area contributed by atoms with Gasteiger partial charge in [-0.25, -0.2) is 4.98 Å². The molecular weight excluding hydrogens is 216 g/mol. The van der Waals surface area contributed by atoms with Crippen LogP contribution >= 0.6 is 0 Å². The highest BCUT2D eigenvalue weighted by atomic mass is 16.1. The summed E-state index contributed by atoms with van der Waals surface area (Å²) in [5.74, 6) is 0.382. The Bertz CT molecular complexity index is 616. The number of anilines is 2. The second kappa shape index (κ2) is 4.08. The van der Waals surface area contributed by atoms with Crippen molar-refractivity contribution in [3.05, 3.63) is 28.2 Å². The van der Waals surface area contributed by atoms with Crippen LogP contribution in [0.3, 0.4) is 0 Å². The molecule has 0 spiro atoms. The highest BCUT2D eigenvalue weighted by Crippen LogP contribution is 2.20. The van der Waals surface area contributed by atoms with Crippen LogP contribution in [-0.2, 0) is 6.42 Å². The van der Waals surface area contributed by atoms with Gasteiger partial charge in [0.25, 0.3) is 5.56 Å². The Morgan fingerprint density at radius 2 is 1.94 bits per heavy atom. The van der Waals surface area contributed by atoms with Gasteiger partial charge in [0.1, 0.15) is 5.69 Å². The molecule has 1 heterocycles. The smallest absolute Gasteiger partial charge is 0.270 e. The predicted molar refractivity (Wildman–Crippen MR) is 69.7 cm³/mol. The zero-order valence-electron chi connectivity index (χ0n) is 9.95. The maximum atomic E-state index is 11.8. The van der Waals surface area contributed by atoms with E-state index in [-0.39, 0.29) is 5.56 Å². The van der Waals surface area contributed by atoms with Gasteiger partial charge in [-0.1, -0.05) is 13.8 Å². The Balaban J connectivity index is 2.63. The summed E-state index contributed by atoms with van der Waals surface area (Å²) in [6.45, 7) is 4.09. The van der Waals surface area contributed by atoms with E-state index in [9.17, 15) is 4.79 Å². The fraction of sp³-hybridized carbons (Fsp3) is 0.333. The minimum absolute atomic E-state index is 0.157. The van der Waals surface area contributed by atoms with Gasteiger partial charge in [-0.05, 0) is 24.5 Å². The van der Waals surface area contributed by atoms with Crippen LogP contribution in [-0.4, -0.2) is 9.97 Å². The number of nitrogen functional groups attached to an aromatic ring is 2. The van der Waals surface area contributed by atoms with E-state index >= 15 is 0 Å². The molecule has 5 heteroatoms. The molecule has 1 aromatic carbocycles. The third kappa shape index (κ3) is 2.22. The lowest BCUT2D eigenvalue weighted by molar-refractivity contribution is 0.631. The number of nitrogens with one attached hydrogen (secondary N) is 1. The number of nitrogens with two attached hydrogens (primary N) is 2. The number of fused-ring (bicyclic) bond motifs is 1. The molecule has 1 aromatic heterocycles. The summed E-state index contributed by atoms with van der Waals surface area (Å²) >= 11 is 0. The zero-order chi connectivity index (χ0) is 12.6. The number of rotatable bonds is 2. The van der Waals surface area contributed by atoms with Crippen LogP contribution in [0.15, 0.2) is 16.9 Å². The molecule has 5 N–H and O–H groups in total. The molecule has 5 nitrogen and oxygen atoms in total. The topological polar surface area (TPSA) is 97.8 Å². The lowest BCUT2D eigenvalue weighted by Gasteiger charge is -2.06. The summed E-state index contributed by atoms with van der Waals surface area (Å²) in [4.78, 5) is 18.9. The highest BCUT2D eigenvalue weighted by Gasteiger charge is 2.08. The van der Waals surface area contributed by atoms with Gasteiger partial charge in [0.2, 0.25) is 0 Å². The molecule has 0 atom stereocenters. The van der Waals surface area contributed by atoms with Crippen LogP contribution in [0.1, 0.15) is 19.5 Å². The fourth-order valence-corrected chi connectivity index (χ4v) is 1.73. The maximum absolute atomic E-state index is 11.8. The van der Waals surface area contributed by atoms with Crippen molar-refractivity contribution < 1.29 is 0 Å². The quantitative estimate of drug-likeness (QED) is 0.679. The Morgan fingerprint density at radius 3 is 2.59 bits per heavy atom. The summed E-state index contributed by atoms with van der Waals surface area (Å²) in [7, 11) is 0. The van der Waals surface area contributed by atoms with Crippen LogP contribution in [0, 0.1) is 5.92 Å². The molecule has 90 valence electrons. The van der Waals surface area contributed by atoms with Crippen molar-refractivity contribution in [1.29, 1.82) is 0 Å². The molecule has 0 saturated heterocycles. The van der Waals surface area contributed by atoms with Crippen molar-refractivity contribution in [1.82, 2.24) is 9.97 Å². The number of aromatic nitrogens is 2. The first kappa shape index (κ1) is 11.4. The number of nitrogens with zero attached hydrogens (tertiary/aromatic N) is 1. The summed E-state index contributed by atoms with van der Waals surface area (Å²) in [5.41, 5.74) is 14.0. The molecule has 0 aliphatic rings. The van der Waals surface area contributed by atoms with Crippen LogP contribution in [0.25, 0.3) is 11.0 Å². The van der Waals surface area contributed by atoms with E-state index in [1.54, 1.807) is 12.1 Å². The molecule has 17 heavy (non-hydrogen) atoms. The maximum Gasteiger partial charge on any atom is 0.270 e. The van der Waals surface area contributed by atoms with Crippen molar-refractivity contribution in [3.8, 4) is 0 Å². The molecule has 0 radical (unpaired) electrons. The van der Waals surface area contributed by atoms with Crippen molar-refractivity contribution in [3.63, 3.8) is 0 Å². The number of hydrogen-bond acceptors (Lipinski definition) is 4. The van der Waals surface area contributed by atoms with E-state index in [1.165, 1.54) is 0 Å². The van der Waals surface area contributed by atoms with Gasteiger partial charge in [-0.2, -0.15) is 0 Å². The Labute approximate surface area is 98.9 Å². The molecular formula is C12H16N4O. The molecule has 0 unspecified atom stereocenters. The van der Waals surface area contributed by atoms with Crippen molar-refractivity contribution >= 4 is 22.4 Å². The normalized spacial score (nSPS) is 11.2. The Morgan fingerprint density at radius 1 is 1.29 bits per heavy atom. The van der Waals surface area contributed by atoms with Crippen molar-refractivity contribution in [2.24, 2.45) is 5.92 Å². The standard InChI is InChI=1S/C12H16N4O/c1-6(2)3-11-12(17)16-10-5-8(14)7(13)4-9(10)15-11/h4-6H,3,13-14H2,1-2H3,(H,16,17). The van der Waals surface area contributed by atoms with Gasteiger partial charge in [-0.3, -0.25) is 4.79 Å². The molecule has 2 rings (SSSR count). The predicted octanol–water partition coefficient (Wildman–Crippen LogP) is 1.29. The van der Waals surface area contributed by atoms with Crippen molar-refractivity contribution in [2.75, 3.05) is 11.5 Å². The Kier molecular flexibility index (Phi) is 2.75. The minimum atomic E-state index is -0.157. The SMILES string of the molecule is CC(C)Cc1nc2cc(N)c(N)cc2[nH]c1=O. The average Bonchev–Trinajstić information content (AvgIpc) is 2.22. The highest BCUT2D eigenvalue weighted by molar-refractivity contribution is 5.85. The lowest BCUT2D eigenvalue weighted by Crippen LogP contribution is -2.17. The third-order valence-corrected chi connectivity index (χ3v) is 2.57. The average molecular weight is 232 g/mol.